The van der Waals surface area contributed by atoms with Crippen molar-refractivity contribution >= 4 is 33.4 Å². The van der Waals surface area contributed by atoms with Gasteiger partial charge >= 0.3 is 33.3 Å². The smallest absolute Gasteiger partial charge is 0.462 e. The van der Waals surface area contributed by atoms with Crippen molar-refractivity contribution in [2.24, 2.45) is 0 Å². The highest BCUT2D eigenvalue weighted by atomic mass is 31.3. The second kappa shape index (κ2) is 38.3. The number of carbonyl (C=O) groups is 2. The predicted octanol–water partition coefficient (Wildman–Crippen LogP) is 9.53. The third-order valence-electron chi connectivity index (χ3n) is 11.5. The zero-order chi connectivity index (χ0) is 52.2. The molecule has 21 heteroatoms. The largest absolute Gasteiger partial charge is 0.481 e. The maximum Gasteiger partial charge on any atom is 0.481 e. The van der Waals surface area contributed by atoms with Crippen LogP contribution in [-0.4, -0.2) is 96.9 Å². The van der Waals surface area contributed by atoms with Crippen LogP contribution in [0.1, 0.15) is 181 Å². The zero-order valence-electron chi connectivity index (χ0n) is 42.1. The number of aliphatic hydroxyl groups is 3. The summed E-state index contributed by atoms with van der Waals surface area (Å²) in [6, 6.07) is 1.24. The number of phosphoric acid groups is 2. The van der Waals surface area contributed by atoms with Crippen molar-refractivity contribution in [3.05, 3.63) is 71.4 Å². The summed E-state index contributed by atoms with van der Waals surface area (Å²) in [6.45, 7) is 1.95. The van der Waals surface area contributed by atoms with Gasteiger partial charge in [0.1, 0.15) is 30.7 Å². The number of rotatable bonds is 42. The number of anilines is 1. The molecule has 0 radical (unpaired) electrons. The van der Waals surface area contributed by atoms with Gasteiger partial charge in [-0.25, -0.2) is 13.9 Å². The van der Waals surface area contributed by atoms with Gasteiger partial charge in [0, 0.05) is 19.0 Å². The van der Waals surface area contributed by atoms with Crippen LogP contribution in [0.3, 0.4) is 0 Å². The van der Waals surface area contributed by atoms with Crippen molar-refractivity contribution < 1.29 is 71.4 Å². The van der Waals surface area contributed by atoms with Crippen LogP contribution in [0.4, 0.5) is 5.82 Å². The fraction of sp³-hybridized carbons (Fsp3) is 0.720. The Kier molecular flexibility index (Phi) is 34.4. The molecule has 1 aromatic heterocycles. The molecule has 0 spiro atoms. The van der Waals surface area contributed by atoms with Gasteiger partial charge in [0.05, 0.1) is 19.3 Å². The van der Waals surface area contributed by atoms with E-state index in [0.717, 1.165) is 55.7 Å². The number of aliphatic hydroxyl groups excluding tert-OH is 3. The monoisotopic (exact) mass is 1050 g/mol. The van der Waals surface area contributed by atoms with Crippen LogP contribution in [0.15, 0.2) is 65.7 Å². The number of nitrogens with zero attached hydrogens (tertiary/aromatic N) is 2. The van der Waals surface area contributed by atoms with E-state index < -0.39 is 89.8 Å². The zero-order valence-corrected chi connectivity index (χ0v) is 43.9. The minimum Gasteiger partial charge on any atom is -0.462 e. The number of allylic oxidation sites excluding steroid dienone is 7. The van der Waals surface area contributed by atoms with Crippen molar-refractivity contribution in [1.29, 1.82) is 0 Å². The highest BCUT2D eigenvalue weighted by Gasteiger charge is 2.46. The van der Waals surface area contributed by atoms with Gasteiger partial charge in [-0.2, -0.15) is 9.29 Å². The summed E-state index contributed by atoms with van der Waals surface area (Å²) in [5, 5.41) is 31.3. The van der Waals surface area contributed by atoms with E-state index in [1.54, 1.807) is 12.2 Å². The number of hydrogen-bond donors (Lipinski definition) is 6. The van der Waals surface area contributed by atoms with E-state index in [1.807, 2.05) is 12.2 Å². The predicted molar refractivity (Wildman–Crippen MR) is 272 cm³/mol. The standard InChI is InChI=1S/C50H85N3O16P2/c1-3-5-7-9-11-13-15-17-18-20-22-24-26-28-30-34-46(56)67-42(38-64-45(55)35-31-33-41(54)32-29-27-25-23-21-19-16-14-12-10-8-6-4-2)39-65-70(60,61)69-71(62,63)66-40-43-47(57)48(58)49(68-43)53-37-36-44(51)52-50(53)59/h12,14,19,21,25,27,29,32,36-37,41-43,47-49,54,57-58H,3-11,13,15-18,20,22-24,26,28,30-31,33-35,38-40H2,1-2H3,(H,60,61)(H,62,63)(H2,51,52,59)/b14-12-,21-19-,27-25-,32-29+/t41-,42-,43-,47-,48-,49-/m1/s1. The van der Waals surface area contributed by atoms with E-state index in [-0.39, 0.29) is 31.5 Å². The third-order valence-corrected chi connectivity index (χ3v) is 14.1. The van der Waals surface area contributed by atoms with Gasteiger partial charge in [-0.3, -0.25) is 23.2 Å². The van der Waals surface area contributed by atoms with E-state index >= 15 is 0 Å². The molecule has 71 heavy (non-hydrogen) atoms. The normalized spacial score (nSPS) is 20.0. The average molecular weight is 1050 g/mol. The highest BCUT2D eigenvalue weighted by Crippen LogP contribution is 2.60. The molecular formula is C50H85N3O16P2. The molecule has 0 aromatic carbocycles. The van der Waals surface area contributed by atoms with E-state index in [1.165, 1.54) is 89.5 Å². The fourth-order valence-corrected chi connectivity index (χ4v) is 9.59. The van der Waals surface area contributed by atoms with Gasteiger partial charge in [0.15, 0.2) is 12.3 Å². The van der Waals surface area contributed by atoms with Crippen LogP contribution in [0.25, 0.3) is 0 Å². The van der Waals surface area contributed by atoms with Crippen LogP contribution < -0.4 is 11.4 Å². The topological polar surface area (TPSA) is 286 Å². The fourth-order valence-electron chi connectivity index (χ4n) is 7.48. The molecule has 1 saturated heterocycles. The quantitative estimate of drug-likeness (QED) is 0.0117. The number of esters is 2. The molecule has 0 bridgehead atoms. The van der Waals surface area contributed by atoms with Crippen LogP contribution in [0.2, 0.25) is 0 Å². The molecule has 2 unspecified atom stereocenters. The number of nitrogens with two attached hydrogens (primary N) is 1. The summed E-state index contributed by atoms with van der Waals surface area (Å²) in [5.74, 6) is -1.50. The van der Waals surface area contributed by atoms with Gasteiger partial charge < -0.3 is 45.1 Å². The molecule has 1 aromatic rings. The molecule has 0 saturated carbocycles. The Morgan fingerprint density at radius 3 is 1.94 bits per heavy atom. The first-order valence-corrected chi connectivity index (χ1v) is 28.7. The number of carbonyl (C=O) groups excluding carboxylic acids is 2. The lowest BCUT2D eigenvalue weighted by Gasteiger charge is -2.21. The summed E-state index contributed by atoms with van der Waals surface area (Å²) in [7, 11) is -10.9. The molecule has 7 N–H and O–H groups in total. The lowest BCUT2D eigenvalue weighted by molar-refractivity contribution is -0.161. The maximum absolute atomic E-state index is 12.9. The number of nitrogen functional groups attached to an aromatic ring is 1. The van der Waals surface area contributed by atoms with E-state index in [4.69, 9.17) is 29.0 Å². The molecule has 1 fully saturated rings. The van der Waals surface area contributed by atoms with Crippen molar-refractivity contribution in [2.75, 3.05) is 25.6 Å². The molecular weight excluding hydrogens is 961 g/mol. The van der Waals surface area contributed by atoms with Crippen LogP contribution >= 0.6 is 15.6 Å². The molecule has 19 nitrogen and oxygen atoms in total. The Balaban J connectivity index is 1.85. The Morgan fingerprint density at radius 2 is 1.31 bits per heavy atom. The van der Waals surface area contributed by atoms with Gasteiger partial charge in [-0.1, -0.05) is 165 Å². The molecule has 0 amide bonds. The third kappa shape index (κ3) is 31.1. The first-order valence-electron chi connectivity index (χ1n) is 25.8. The second-order valence-corrected chi connectivity index (χ2v) is 20.9. The number of hydrogen-bond acceptors (Lipinski definition) is 16. The Hall–Kier alpha value is -3.32. The van der Waals surface area contributed by atoms with Gasteiger partial charge in [-0.15, -0.1) is 0 Å². The van der Waals surface area contributed by atoms with Crippen molar-refractivity contribution in [1.82, 2.24) is 9.55 Å². The van der Waals surface area contributed by atoms with E-state index in [2.05, 4.69) is 47.4 Å². The Bertz CT molecular complexity index is 1890. The first kappa shape index (κ1) is 63.8. The van der Waals surface area contributed by atoms with Crippen LogP contribution in [0, 0.1) is 0 Å². The Labute approximate surface area is 421 Å². The molecule has 2 heterocycles. The minimum absolute atomic E-state index is 0.0118. The van der Waals surface area contributed by atoms with Gasteiger partial charge in [0.25, 0.3) is 0 Å². The summed E-state index contributed by atoms with van der Waals surface area (Å²) >= 11 is 0. The number of phosphoric ester groups is 2. The van der Waals surface area contributed by atoms with Crippen molar-refractivity contribution in [3.8, 4) is 0 Å². The SMILES string of the molecule is CCCCC/C=C\C/C=C\C/C=C\C=C\[C@@H](O)CCCC(=O)OC[C@H](COP(=O)(O)OP(=O)(O)OC[C@H]1O[C@@H](n2ccc(N)nc2=O)[C@H](O)[C@@H]1O)OC(=O)CCCCCCCCCCCCCCCCC. The number of aromatic nitrogens is 2. The Morgan fingerprint density at radius 1 is 0.746 bits per heavy atom. The molecule has 1 aliphatic rings. The summed E-state index contributed by atoms with van der Waals surface area (Å²) < 4.78 is 56.6. The maximum atomic E-state index is 12.9. The molecule has 0 aliphatic carbocycles. The van der Waals surface area contributed by atoms with Crippen LogP contribution in [-0.2, 0) is 46.3 Å². The minimum atomic E-state index is -5.46. The first-order chi connectivity index (χ1) is 34.1. The second-order valence-electron chi connectivity index (χ2n) is 17.9. The lowest BCUT2D eigenvalue weighted by Crippen LogP contribution is -2.36. The lowest BCUT2D eigenvalue weighted by atomic mass is 10.0. The molecule has 406 valence electrons. The molecule has 1 aliphatic heterocycles. The van der Waals surface area contributed by atoms with E-state index in [0.29, 0.717) is 6.42 Å². The summed E-state index contributed by atoms with van der Waals surface area (Å²) in [5.41, 5.74) is 4.57. The average Bonchev–Trinajstić information content (AvgIpc) is 3.60. The van der Waals surface area contributed by atoms with Crippen molar-refractivity contribution in [3.63, 3.8) is 0 Å². The molecule has 2 rings (SSSR count). The summed E-state index contributed by atoms with van der Waals surface area (Å²) in [4.78, 5) is 61.9. The number of ether oxygens (including phenoxy) is 3. The molecule has 8 atom stereocenters. The van der Waals surface area contributed by atoms with Crippen molar-refractivity contribution in [2.45, 2.75) is 211 Å². The summed E-state index contributed by atoms with van der Waals surface area (Å²) in [6.07, 6.45) is 32.1. The van der Waals surface area contributed by atoms with Gasteiger partial charge in [-0.05, 0) is 51.0 Å². The van der Waals surface area contributed by atoms with Gasteiger partial charge in [0.2, 0.25) is 0 Å². The van der Waals surface area contributed by atoms with Crippen LogP contribution in [0.5, 0.6) is 0 Å². The van der Waals surface area contributed by atoms with E-state index in [9.17, 15) is 48.6 Å². The number of unbranched alkanes of at least 4 members (excludes halogenated alkanes) is 17. The highest BCUT2D eigenvalue weighted by molar-refractivity contribution is 7.61.